The largest absolute Gasteiger partial charge is 0.392 e. The van der Waals surface area contributed by atoms with Crippen molar-refractivity contribution in [3.05, 3.63) is 90.5 Å². The van der Waals surface area contributed by atoms with Crippen molar-refractivity contribution >= 4 is 20.9 Å². The summed E-state index contributed by atoms with van der Waals surface area (Å²) < 4.78 is 28.2. The van der Waals surface area contributed by atoms with Gasteiger partial charge >= 0.3 is 0 Å². The number of aliphatic hydroxyl groups is 1. The lowest BCUT2D eigenvalue weighted by Gasteiger charge is -2.14. The van der Waals surface area contributed by atoms with E-state index < -0.39 is 10.0 Å². The summed E-state index contributed by atoms with van der Waals surface area (Å²) in [5, 5.41) is 10.5. The van der Waals surface area contributed by atoms with Gasteiger partial charge in [-0.1, -0.05) is 60.7 Å². The first-order valence-corrected chi connectivity index (χ1v) is 9.67. The van der Waals surface area contributed by atoms with Gasteiger partial charge in [0.2, 0.25) is 0 Å². The number of aliphatic hydroxyl groups excluding tert-OH is 1. The smallest absolute Gasteiger partial charge is 0.268 e. The van der Waals surface area contributed by atoms with Crippen molar-refractivity contribution in [3.63, 3.8) is 0 Å². The summed E-state index contributed by atoms with van der Waals surface area (Å²) >= 11 is 0. The van der Waals surface area contributed by atoms with Crippen molar-refractivity contribution in [2.75, 3.05) is 0 Å². The van der Waals surface area contributed by atoms with Gasteiger partial charge in [-0.15, -0.1) is 0 Å². The lowest BCUT2D eigenvalue weighted by Crippen LogP contribution is -2.14. The maximum absolute atomic E-state index is 13.4. The van der Waals surface area contributed by atoms with Crippen molar-refractivity contribution in [1.29, 1.82) is 0 Å². The number of rotatable bonds is 4. The minimum Gasteiger partial charge on any atom is -0.392 e. The Kier molecular flexibility index (Phi) is 4.11. The third-order valence-corrected chi connectivity index (χ3v) is 6.15. The van der Waals surface area contributed by atoms with Gasteiger partial charge in [0.05, 0.1) is 22.7 Å². The molecule has 4 rings (SSSR count). The number of nitrogens with zero attached hydrogens (tertiary/aromatic N) is 1. The number of fused-ring (bicyclic) bond motifs is 1. The van der Waals surface area contributed by atoms with E-state index in [-0.39, 0.29) is 11.5 Å². The molecular weight excluding hydrogens is 346 g/mol. The molecule has 0 spiro atoms. The minimum absolute atomic E-state index is 0.164. The van der Waals surface area contributed by atoms with Crippen LogP contribution >= 0.6 is 0 Å². The molecule has 0 amide bonds. The molecule has 3 aromatic carbocycles. The Labute approximate surface area is 152 Å². The summed E-state index contributed by atoms with van der Waals surface area (Å²) in [5.41, 5.74) is 2.53. The predicted molar refractivity (Wildman–Crippen MR) is 102 cm³/mol. The van der Waals surface area contributed by atoms with Crippen LogP contribution in [0.15, 0.2) is 89.8 Å². The normalized spacial score (nSPS) is 11.7. The Hall–Kier alpha value is -2.89. The van der Waals surface area contributed by atoms with Crippen molar-refractivity contribution in [2.45, 2.75) is 11.5 Å². The van der Waals surface area contributed by atoms with Crippen LogP contribution in [0.2, 0.25) is 0 Å². The summed E-state index contributed by atoms with van der Waals surface area (Å²) in [6.07, 6.45) is 0. The van der Waals surface area contributed by atoms with E-state index in [0.29, 0.717) is 22.3 Å². The van der Waals surface area contributed by atoms with Crippen LogP contribution in [0.25, 0.3) is 22.2 Å². The zero-order valence-corrected chi connectivity index (χ0v) is 14.7. The highest BCUT2D eigenvalue weighted by Gasteiger charge is 2.24. The van der Waals surface area contributed by atoms with Gasteiger partial charge in [0, 0.05) is 10.9 Å². The molecule has 1 N–H and O–H groups in total. The molecule has 0 bridgehead atoms. The Balaban J connectivity index is 2.09. The van der Waals surface area contributed by atoms with E-state index in [4.69, 9.17) is 0 Å². The fourth-order valence-electron chi connectivity index (χ4n) is 3.18. The lowest BCUT2D eigenvalue weighted by atomic mass is 10.1. The molecule has 0 atom stereocenters. The van der Waals surface area contributed by atoms with E-state index in [0.717, 1.165) is 5.39 Å². The van der Waals surface area contributed by atoms with E-state index >= 15 is 0 Å². The Morgan fingerprint density at radius 3 is 2.23 bits per heavy atom. The van der Waals surface area contributed by atoms with Gasteiger partial charge in [0.25, 0.3) is 10.0 Å². The van der Waals surface area contributed by atoms with Gasteiger partial charge in [-0.05, 0) is 29.8 Å². The Morgan fingerprint density at radius 1 is 0.808 bits per heavy atom. The van der Waals surface area contributed by atoms with Crippen molar-refractivity contribution in [1.82, 2.24) is 3.97 Å². The SMILES string of the molecule is O=S(=O)(c1ccccc1)n1c(-c2ccccc2CO)cc2ccccc21. The topological polar surface area (TPSA) is 59.3 Å². The van der Waals surface area contributed by atoms with Crippen LogP contribution < -0.4 is 0 Å². The maximum atomic E-state index is 13.4. The first-order valence-electron chi connectivity index (χ1n) is 8.23. The molecule has 26 heavy (non-hydrogen) atoms. The second-order valence-corrected chi connectivity index (χ2v) is 7.77. The summed E-state index contributed by atoms with van der Waals surface area (Å²) in [4.78, 5) is 0.226. The third-order valence-electron chi connectivity index (χ3n) is 4.41. The van der Waals surface area contributed by atoms with Crippen LogP contribution in [0, 0.1) is 0 Å². The van der Waals surface area contributed by atoms with Crippen LogP contribution in [0.3, 0.4) is 0 Å². The number of hydrogen-bond donors (Lipinski definition) is 1. The van der Waals surface area contributed by atoms with E-state index in [2.05, 4.69) is 0 Å². The molecule has 1 heterocycles. The fraction of sp³-hybridized carbons (Fsp3) is 0.0476. The molecule has 0 aliphatic carbocycles. The third kappa shape index (κ3) is 2.62. The summed E-state index contributed by atoms with van der Waals surface area (Å²) in [6.45, 7) is -0.164. The quantitative estimate of drug-likeness (QED) is 0.595. The first kappa shape index (κ1) is 16.6. The molecule has 0 aliphatic rings. The molecule has 4 nitrogen and oxygen atoms in total. The molecule has 0 unspecified atom stereocenters. The van der Waals surface area contributed by atoms with Gasteiger partial charge in [0.15, 0.2) is 0 Å². The molecule has 0 radical (unpaired) electrons. The number of benzene rings is 3. The van der Waals surface area contributed by atoms with Crippen LogP contribution in [-0.2, 0) is 16.6 Å². The summed E-state index contributed by atoms with van der Waals surface area (Å²) in [6, 6.07) is 24.9. The van der Waals surface area contributed by atoms with E-state index in [1.807, 2.05) is 42.5 Å². The van der Waals surface area contributed by atoms with E-state index in [1.165, 1.54) is 3.97 Å². The second kappa shape index (κ2) is 6.44. The predicted octanol–water partition coefficient (Wildman–Crippen LogP) is 4.04. The van der Waals surface area contributed by atoms with Gasteiger partial charge < -0.3 is 5.11 Å². The molecule has 1 aromatic heterocycles. The van der Waals surface area contributed by atoms with Crippen LogP contribution in [0.1, 0.15) is 5.56 Å². The molecular formula is C21H17NO3S. The van der Waals surface area contributed by atoms with Crippen molar-refractivity contribution in [2.24, 2.45) is 0 Å². The van der Waals surface area contributed by atoms with Crippen LogP contribution in [-0.4, -0.2) is 17.5 Å². The zero-order valence-electron chi connectivity index (χ0n) is 13.9. The zero-order chi connectivity index (χ0) is 18.1. The first-order chi connectivity index (χ1) is 12.6. The van der Waals surface area contributed by atoms with Crippen LogP contribution in [0.4, 0.5) is 0 Å². The molecule has 0 fully saturated rings. The van der Waals surface area contributed by atoms with E-state index in [1.54, 1.807) is 42.5 Å². The van der Waals surface area contributed by atoms with E-state index in [9.17, 15) is 13.5 Å². The monoisotopic (exact) mass is 363 g/mol. The Bertz CT molecular complexity index is 1180. The number of para-hydroxylation sites is 1. The van der Waals surface area contributed by atoms with Gasteiger partial charge in [0.1, 0.15) is 0 Å². The second-order valence-electron chi connectivity index (χ2n) is 5.99. The standard InChI is InChI=1S/C21H17NO3S/c23-15-17-9-4-6-12-19(17)21-14-16-8-5-7-13-20(16)22(21)26(24,25)18-10-2-1-3-11-18/h1-14,23H,15H2. The van der Waals surface area contributed by atoms with Gasteiger partial charge in [-0.3, -0.25) is 0 Å². The molecule has 0 saturated carbocycles. The highest BCUT2D eigenvalue weighted by molar-refractivity contribution is 7.90. The van der Waals surface area contributed by atoms with Crippen LogP contribution in [0.5, 0.6) is 0 Å². The Morgan fingerprint density at radius 2 is 1.46 bits per heavy atom. The number of aromatic nitrogens is 1. The fourth-order valence-corrected chi connectivity index (χ4v) is 4.73. The van der Waals surface area contributed by atoms with Crippen molar-refractivity contribution < 1.29 is 13.5 Å². The average molecular weight is 363 g/mol. The summed E-state index contributed by atoms with van der Waals surface area (Å²) in [5.74, 6) is 0. The molecule has 0 saturated heterocycles. The minimum atomic E-state index is -3.79. The molecule has 0 aliphatic heterocycles. The highest BCUT2D eigenvalue weighted by Crippen LogP contribution is 2.33. The average Bonchev–Trinajstić information content (AvgIpc) is 3.08. The molecule has 5 heteroatoms. The highest BCUT2D eigenvalue weighted by atomic mass is 32.2. The lowest BCUT2D eigenvalue weighted by molar-refractivity contribution is 0.282. The number of hydrogen-bond acceptors (Lipinski definition) is 3. The van der Waals surface area contributed by atoms with Gasteiger partial charge in [-0.25, -0.2) is 12.4 Å². The summed E-state index contributed by atoms with van der Waals surface area (Å²) in [7, 11) is -3.79. The van der Waals surface area contributed by atoms with Gasteiger partial charge in [-0.2, -0.15) is 0 Å². The van der Waals surface area contributed by atoms with Crippen molar-refractivity contribution in [3.8, 4) is 11.3 Å². The maximum Gasteiger partial charge on any atom is 0.268 e. The molecule has 130 valence electrons. The molecule has 4 aromatic rings.